The first-order valence-corrected chi connectivity index (χ1v) is 8.53. The van der Waals surface area contributed by atoms with Crippen LogP contribution < -0.4 is 10.2 Å². The van der Waals surface area contributed by atoms with Crippen molar-refractivity contribution in [2.24, 2.45) is 0 Å². The molecule has 2 aliphatic rings. The molecule has 0 amide bonds. The minimum Gasteiger partial charge on any atom is -0.390 e. The fourth-order valence-corrected chi connectivity index (χ4v) is 2.00. The van der Waals surface area contributed by atoms with Crippen LogP contribution in [0.15, 0.2) is 24.3 Å². The van der Waals surface area contributed by atoms with E-state index < -0.39 is 0 Å². The summed E-state index contributed by atoms with van der Waals surface area (Å²) in [6.07, 6.45) is -0.266. The average Bonchev–Trinajstić information content (AvgIpc) is 2.55. The summed E-state index contributed by atoms with van der Waals surface area (Å²) in [5.74, 6) is 0.768. The molecule has 0 unspecified atom stereocenters. The Morgan fingerprint density at radius 1 is 0.800 bits per heavy atom. The quantitative estimate of drug-likeness (QED) is 0.644. The van der Waals surface area contributed by atoms with Gasteiger partial charge in [0, 0.05) is 26.2 Å². The van der Waals surface area contributed by atoms with Crippen LogP contribution in [0.2, 0.25) is 15.5 Å². The molecular formula is C14H17Cl3N6O2. The van der Waals surface area contributed by atoms with Gasteiger partial charge in [0.15, 0.2) is 21.3 Å². The monoisotopic (exact) mass is 406 g/mol. The van der Waals surface area contributed by atoms with E-state index >= 15 is 0 Å². The van der Waals surface area contributed by atoms with Gasteiger partial charge in [-0.25, -0.2) is 0 Å². The van der Waals surface area contributed by atoms with Gasteiger partial charge in [-0.3, -0.25) is 0 Å². The van der Waals surface area contributed by atoms with Gasteiger partial charge in [-0.2, -0.15) is 0 Å². The van der Waals surface area contributed by atoms with Crippen LogP contribution in [0.5, 0.6) is 0 Å². The average molecular weight is 408 g/mol. The maximum atomic E-state index is 9.02. The van der Waals surface area contributed by atoms with Crippen LogP contribution in [0.4, 0.5) is 5.82 Å². The van der Waals surface area contributed by atoms with E-state index in [9.17, 15) is 0 Å². The van der Waals surface area contributed by atoms with Crippen molar-refractivity contribution in [3.63, 3.8) is 0 Å². The number of aliphatic hydroxyl groups is 2. The van der Waals surface area contributed by atoms with Gasteiger partial charge in [0.25, 0.3) is 0 Å². The van der Waals surface area contributed by atoms with E-state index in [0.29, 0.717) is 28.5 Å². The zero-order chi connectivity index (χ0) is 18.2. The highest BCUT2D eigenvalue weighted by atomic mass is 35.5. The van der Waals surface area contributed by atoms with Crippen molar-refractivity contribution >= 4 is 40.6 Å². The maximum absolute atomic E-state index is 9.02. The van der Waals surface area contributed by atoms with Crippen molar-refractivity contribution in [2.75, 3.05) is 31.1 Å². The molecule has 2 aromatic rings. The second-order valence-corrected chi connectivity index (χ2v) is 6.43. The van der Waals surface area contributed by atoms with E-state index in [1.807, 2.05) is 4.90 Å². The smallest absolute Gasteiger partial charge is 0.151 e. The number of nitrogens with one attached hydrogen (secondary N) is 1. The lowest BCUT2D eigenvalue weighted by Crippen LogP contribution is -2.51. The molecule has 0 saturated carbocycles. The third kappa shape index (κ3) is 7.23. The first-order valence-electron chi connectivity index (χ1n) is 7.40. The Kier molecular flexibility index (Phi) is 8.01. The molecule has 2 fully saturated rings. The van der Waals surface area contributed by atoms with Gasteiger partial charge < -0.3 is 20.4 Å². The fourth-order valence-electron chi connectivity index (χ4n) is 1.69. The summed E-state index contributed by atoms with van der Waals surface area (Å²) in [7, 11) is 0. The number of rotatable bonds is 1. The molecule has 4 rings (SSSR count). The summed E-state index contributed by atoms with van der Waals surface area (Å²) in [5, 5.41) is 35.9. The Morgan fingerprint density at radius 2 is 1.24 bits per heavy atom. The molecule has 0 bridgehead atoms. The Hall–Kier alpha value is -1.29. The van der Waals surface area contributed by atoms with Gasteiger partial charge in [0.2, 0.25) is 0 Å². The van der Waals surface area contributed by atoms with Gasteiger partial charge in [0.1, 0.15) is 0 Å². The highest BCUT2D eigenvalue weighted by Crippen LogP contribution is 2.17. The molecule has 25 heavy (non-hydrogen) atoms. The van der Waals surface area contributed by atoms with Crippen LogP contribution in [-0.4, -0.2) is 69.0 Å². The molecule has 4 heterocycles. The summed E-state index contributed by atoms with van der Waals surface area (Å²) in [4.78, 5) is 1.94. The predicted molar refractivity (Wildman–Crippen MR) is 96.2 cm³/mol. The van der Waals surface area contributed by atoms with Crippen molar-refractivity contribution in [1.82, 2.24) is 25.7 Å². The highest BCUT2D eigenvalue weighted by molar-refractivity contribution is 6.31. The van der Waals surface area contributed by atoms with Crippen LogP contribution in [-0.2, 0) is 0 Å². The van der Waals surface area contributed by atoms with Gasteiger partial charge in [-0.05, 0) is 24.3 Å². The number of hydrogen-bond acceptors (Lipinski definition) is 8. The Balaban J connectivity index is 0.000000149. The largest absolute Gasteiger partial charge is 0.390 e. The summed E-state index contributed by atoms with van der Waals surface area (Å²) in [6.45, 7) is 2.85. The lowest BCUT2D eigenvalue weighted by Gasteiger charge is -2.36. The molecule has 2 aliphatic heterocycles. The van der Waals surface area contributed by atoms with Gasteiger partial charge in [-0.1, -0.05) is 34.8 Å². The van der Waals surface area contributed by atoms with Crippen LogP contribution >= 0.6 is 34.8 Å². The van der Waals surface area contributed by atoms with Crippen LogP contribution in [0.3, 0.4) is 0 Å². The van der Waals surface area contributed by atoms with Crippen molar-refractivity contribution in [3.05, 3.63) is 39.7 Å². The fraction of sp³-hybridized carbons (Fsp3) is 0.429. The first kappa shape index (κ1) is 20.0. The molecule has 0 aliphatic carbocycles. The summed E-state index contributed by atoms with van der Waals surface area (Å²) < 4.78 is 0. The van der Waals surface area contributed by atoms with Crippen molar-refractivity contribution in [2.45, 2.75) is 12.2 Å². The lowest BCUT2D eigenvalue weighted by molar-refractivity contribution is 0.117. The molecule has 2 saturated heterocycles. The van der Waals surface area contributed by atoms with Crippen molar-refractivity contribution < 1.29 is 10.2 Å². The third-order valence-electron chi connectivity index (χ3n) is 3.16. The molecular weight excluding hydrogens is 391 g/mol. The van der Waals surface area contributed by atoms with Crippen LogP contribution in [0, 0.1) is 0 Å². The molecule has 3 N–H and O–H groups in total. The van der Waals surface area contributed by atoms with E-state index in [-0.39, 0.29) is 12.2 Å². The minimum atomic E-state index is -0.220. The third-order valence-corrected chi connectivity index (χ3v) is 3.77. The Bertz CT molecular complexity index is 615. The number of nitrogens with zero attached hydrogens (tertiary/aromatic N) is 5. The highest BCUT2D eigenvalue weighted by Gasteiger charge is 2.25. The van der Waals surface area contributed by atoms with Crippen molar-refractivity contribution in [1.29, 1.82) is 0 Å². The van der Waals surface area contributed by atoms with E-state index in [1.54, 1.807) is 24.3 Å². The number of hydrogen-bond donors (Lipinski definition) is 3. The predicted octanol–water partition coefficient (Wildman–Crippen LogP) is 1.04. The van der Waals surface area contributed by atoms with Gasteiger partial charge >= 0.3 is 0 Å². The van der Waals surface area contributed by atoms with Gasteiger partial charge in [-0.15, -0.1) is 20.4 Å². The van der Waals surface area contributed by atoms with E-state index in [4.69, 9.17) is 45.0 Å². The SMILES string of the molecule is Clc1ccc(Cl)nn1.OC1CN(c2ccc(Cl)nn2)C1.OC1CNC1. The molecule has 0 aromatic carbocycles. The molecule has 0 radical (unpaired) electrons. The number of aliphatic hydroxyl groups excluding tert-OH is 2. The topological polar surface area (TPSA) is 107 Å². The summed E-state index contributed by atoms with van der Waals surface area (Å²) >= 11 is 16.3. The Morgan fingerprint density at radius 3 is 1.52 bits per heavy atom. The van der Waals surface area contributed by atoms with E-state index in [1.165, 1.54) is 0 Å². The summed E-state index contributed by atoms with van der Waals surface area (Å²) in [5.41, 5.74) is 0. The first-order chi connectivity index (χ1) is 11.9. The van der Waals surface area contributed by atoms with Crippen LogP contribution in [0.25, 0.3) is 0 Å². The number of β-amino-alcohol motifs (C(OH)–C–C–N with tert-alkyl or cyclic N) is 2. The normalized spacial score (nSPS) is 16.6. The zero-order valence-electron chi connectivity index (χ0n) is 13.1. The summed E-state index contributed by atoms with van der Waals surface area (Å²) in [6, 6.07) is 6.64. The number of halogens is 3. The molecule has 0 atom stereocenters. The van der Waals surface area contributed by atoms with Crippen LogP contribution in [0.1, 0.15) is 0 Å². The van der Waals surface area contributed by atoms with E-state index in [2.05, 4.69) is 25.7 Å². The second-order valence-electron chi connectivity index (χ2n) is 5.26. The molecule has 0 spiro atoms. The minimum absolute atomic E-state index is 0.0463. The molecule has 11 heteroatoms. The molecule has 136 valence electrons. The van der Waals surface area contributed by atoms with E-state index in [0.717, 1.165) is 18.9 Å². The lowest BCUT2D eigenvalue weighted by atomic mass is 10.2. The van der Waals surface area contributed by atoms with Crippen molar-refractivity contribution in [3.8, 4) is 0 Å². The number of aromatic nitrogens is 4. The molecule has 8 nitrogen and oxygen atoms in total. The number of anilines is 1. The Labute approximate surface area is 159 Å². The second kappa shape index (κ2) is 10.0. The zero-order valence-corrected chi connectivity index (χ0v) is 15.3. The van der Waals surface area contributed by atoms with Gasteiger partial charge in [0.05, 0.1) is 12.2 Å². The molecule has 2 aromatic heterocycles. The maximum Gasteiger partial charge on any atom is 0.151 e. The standard InChI is InChI=1S/C7H8ClN3O.C4H2Cl2N2.C3H7NO/c8-6-1-2-7(10-9-6)11-3-5(12)4-11;5-3-1-2-4(6)8-7-3;5-3-1-4-2-3/h1-2,5,12H,3-4H2;1-2H;3-5H,1-2H2.